The number of carbonyl (C=O) groups excluding carboxylic acids is 3. The minimum atomic E-state index is -0.387. The Morgan fingerprint density at radius 1 is 1.17 bits per heavy atom. The first-order valence-corrected chi connectivity index (χ1v) is 7.85. The summed E-state index contributed by atoms with van der Waals surface area (Å²) in [7, 11) is 1.30. The molecule has 6 nitrogen and oxygen atoms in total. The molecule has 0 aliphatic rings. The Morgan fingerprint density at radius 3 is 2.39 bits per heavy atom. The first-order chi connectivity index (χ1) is 10.6. The van der Waals surface area contributed by atoms with Crippen molar-refractivity contribution >= 4 is 41.2 Å². The Bertz CT molecular complexity index is 523. The van der Waals surface area contributed by atoms with Crippen molar-refractivity contribution in [2.24, 2.45) is 5.73 Å². The number of nitrogens with one attached hydrogen (secondary N) is 1. The molecule has 23 heavy (non-hydrogen) atoms. The average Bonchev–Trinajstić information content (AvgIpc) is 2.55. The van der Waals surface area contributed by atoms with E-state index in [0.717, 1.165) is 17.3 Å². The van der Waals surface area contributed by atoms with Crippen molar-refractivity contribution in [3.05, 3.63) is 35.4 Å². The van der Waals surface area contributed by atoms with Crippen molar-refractivity contribution in [1.82, 2.24) is 5.32 Å². The maximum absolute atomic E-state index is 11.7. The number of hydrogen-bond acceptors (Lipinski definition) is 6. The van der Waals surface area contributed by atoms with E-state index in [4.69, 9.17) is 5.73 Å². The van der Waals surface area contributed by atoms with Gasteiger partial charge in [0.2, 0.25) is 0 Å². The van der Waals surface area contributed by atoms with E-state index in [1.165, 1.54) is 7.11 Å². The lowest BCUT2D eigenvalue weighted by molar-refractivity contribution is -0.141. The number of esters is 1. The van der Waals surface area contributed by atoms with Crippen LogP contribution in [0.5, 0.6) is 0 Å². The fraction of sp³-hybridized carbons (Fsp3) is 0.400. The second-order valence-electron chi connectivity index (χ2n) is 4.48. The summed E-state index contributed by atoms with van der Waals surface area (Å²) in [6.07, 6.45) is 0.263. The molecule has 0 spiro atoms. The zero-order chi connectivity index (χ0) is 16.4. The summed E-state index contributed by atoms with van der Waals surface area (Å²) in [5.41, 5.74) is 6.81. The Hall–Kier alpha value is -1.57. The van der Waals surface area contributed by atoms with Gasteiger partial charge in [-0.05, 0) is 17.7 Å². The summed E-state index contributed by atoms with van der Waals surface area (Å²) in [6, 6.07) is 7.03. The van der Waals surface area contributed by atoms with Crippen molar-refractivity contribution < 1.29 is 19.1 Å². The van der Waals surface area contributed by atoms with E-state index >= 15 is 0 Å². The average molecular weight is 361 g/mol. The van der Waals surface area contributed by atoms with Gasteiger partial charge in [-0.15, -0.1) is 12.4 Å². The summed E-state index contributed by atoms with van der Waals surface area (Å²) in [4.78, 5) is 34.2. The van der Waals surface area contributed by atoms with Crippen molar-refractivity contribution in [2.75, 3.05) is 20.2 Å². The van der Waals surface area contributed by atoms with Crippen molar-refractivity contribution in [3.63, 3.8) is 0 Å². The van der Waals surface area contributed by atoms with E-state index < -0.39 is 0 Å². The molecular formula is C15H21ClN2O4S. The summed E-state index contributed by atoms with van der Waals surface area (Å²) in [5, 5.41) is 2.62. The summed E-state index contributed by atoms with van der Waals surface area (Å²) in [6.45, 7) is 0.833. The molecule has 8 heteroatoms. The Morgan fingerprint density at radius 2 is 1.83 bits per heavy atom. The third-order valence-electron chi connectivity index (χ3n) is 2.81. The zero-order valence-electron chi connectivity index (χ0n) is 12.9. The normalized spacial score (nSPS) is 9.65. The second-order valence-corrected chi connectivity index (χ2v) is 5.51. The predicted molar refractivity (Wildman–Crippen MR) is 92.6 cm³/mol. The molecule has 0 saturated heterocycles. The molecule has 0 aliphatic carbocycles. The summed E-state index contributed by atoms with van der Waals surface area (Å²) in [5.74, 6) is -0.0503. The number of amides is 1. The summed E-state index contributed by atoms with van der Waals surface area (Å²) < 4.78 is 4.48. The maximum atomic E-state index is 11.7. The Labute approximate surface area is 145 Å². The largest absolute Gasteiger partial charge is 0.469 e. The molecule has 0 saturated carbocycles. The highest BCUT2D eigenvalue weighted by Gasteiger charge is 2.09. The number of halogens is 1. The second kappa shape index (κ2) is 11.9. The molecule has 1 aromatic carbocycles. The predicted octanol–water partition coefficient (Wildman–Crippen LogP) is 1.51. The van der Waals surface area contributed by atoms with Gasteiger partial charge in [0.05, 0.1) is 13.5 Å². The van der Waals surface area contributed by atoms with Crippen LogP contribution >= 0.6 is 24.2 Å². The van der Waals surface area contributed by atoms with Gasteiger partial charge in [-0.25, -0.2) is 0 Å². The molecule has 0 atom stereocenters. The highest BCUT2D eigenvalue weighted by Crippen LogP contribution is 2.16. The molecule has 1 amide bonds. The van der Waals surface area contributed by atoms with Gasteiger partial charge >= 0.3 is 5.97 Å². The van der Waals surface area contributed by atoms with Crippen LogP contribution in [-0.4, -0.2) is 37.2 Å². The van der Waals surface area contributed by atoms with Gasteiger partial charge in [-0.2, -0.15) is 0 Å². The number of ether oxygens (including phenoxy) is 1. The standard InChI is InChI=1S/C15H20N2O4S.ClH/c1-21-13(18)6-7-14(19)22-10-11-2-4-12(5-3-11)15(20)17-9-8-16;/h2-5H,6-10,16H2,1H3,(H,17,20);1H. The van der Waals surface area contributed by atoms with E-state index in [0.29, 0.717) is 24.4 Å². The third-order valence-corrected chi connectivity index (χ3v) is 3.81. The minimum Gasteiger partial charge on any atom is -0.469 e. The number of thioether (sulfide) groups is 1. The molecule has 3 N–H and O–H groups in total. The van der Waals surface area contributed by atoms with Gasteiger partial charge < -0.3 is 15.8 Å². The summed E-state index contributed by atoms with van der Waals surface area (Å²) >= 11 is 1.15. The molecule has 0 radical (unpaired) electrons. The third kappa shape index (κ3) is 8.59. The van der Waals surface area contributed by atoms with Gasteiger partial charge in [-0.3, -0.25) is 14.4 Å². The number of benzene rings is 1. The minimum absolute atomic E-state index is 0. The maximum Gasteiger partial charge on any atom is 0.305 e. The Balaban J connectivity index is 0.00000484. The quantitative estimate of drug-likeness (QED) is 0.682. The lowest BCUT2D eigenvalue weighted by Gasteiger charge is -2.05. The van der Waals surface area contributed by atoms with Gasteiger partial charge in [-0.1, -0.05) is 23.9 Å². The lowest BCUT2D eigenvalue weighted by atomic mass is 10.1. The van der Waals surface area contributed by atoms with Crippen LogP contribution in [0.3, 0.4) is 0 Å². The van der Waals surface area contributed by atoms with Gasteiger partial charge in [0.15, 0.2) is 5.12 Å². The molecule has 1 rings (SSSR count). The van der Waals surface area contributed by atoms with E-state index in [1.807, 2.05) is 0 Å². The van der Waals surface area contributed by atoms with E-state index in [-0.39, 0.29) is 42.2 Å². The van der Waals surface area contributed by atoms with Crippen LogP contribution in [0.1, 0.15) is 28.8 Å². The number of carbonyl (C=O) groups is 3. The fourth-order valence-electron chi connectivity index (χ4n) is 1.58. The van der Waals surface area contributed by atoms with Crippen molar-refractivity contribution in [2.45, 2.75) is 18.6 Å². The van der Waals surface area contributed by atoms with Crippen LogP contribution in [-0.2, 0) is 20.1 Å². The highest BCUT2D eigenvalue weighted by molar-refractivity contribution is 8.12. The number of rotatable bonds is 8. The molecule has 0 aliphatic heterocycles. The number of hydrogen-bond donors (Lipinski definition) is 2. The van der Waals surface area contributed by atoms with Crippen LogP contribution < -0.4 is 11.1 Å². The van der Waals surface area contributed by atoms with Crippen molar-refractivity contribution in [1.29, 1.82) is 0 Å². The van der Waals surface area contributed by atoms with E-state index in [1.54, 1.807) is 24.3 Å². The molecule has 0 fully saturated rings. The molecule has 0 unspecified atom stereocenters. The highest BCUT2D eigenvalue weighted by atomic mass is 35.5. The molecule has 0 bridgehead atoms. The van der Waals surface area contributed by atoms with E-state index in [2.05, 4.69) is 10.1 Å². The molecule has 0 aromatic heterocycles. The Kier molecular flexibility index (Phi) is 11.1. The molecule has 0 heterocycles. The topological polar surface area (TPSA) is 98.5 Å². The van der Waals surface area contributed by atoms with Crippen LogP contribution in [0.25, 0.3) is 0 Å². The van der Waals surface area contributed by atoms with Gasteiger partial charge in [0, 0.05) is 30.8 Å². The van der Waals surface area contributed by atoms with Crippen LogP contribution in [0.4, 0.5) is 0 Å². The first-order valence-electron chi connectivity index (χ1n) is 6.86. The van der Waals surface area contributed by atoms with Crippen LogP contribution in [0, 0.1) is 0 Å². The van der Waals surface area contributed by atoms with Crippen LogP contribution in [0.15, 0.2) is 24.3 Å². The molecule has 1 aromatic rings. The van der Waals surface area contributed by atoms with Crippen LogP contribution in [0.2, 0.25) is 0 Å². The monoisotopic (exact) mass is 360 g/mol. The smallest absolute Gasteiger partial charge is 0.305 e. The molecule has 128 valence electrons. The SMILES string of the molecule is COC(=O)CCC(=O)SCc1ccc(C(=O)NCCN)cc1.Cl. The zero-order valence-corrected chi connectivity index (χ0v) is 14.5. The lowest BCUT2D eigenvalue weighted by Crippen LogP contribution is -2.28. The van der Waals surface area contributed by atoms with Gasteiger partial charge in [0.25, 0.3) is 5.91 Å². The first kappa shape index (κ1) is 21.4. The van der Waals surface area contributed by atoms with Gasteiger partial charge in [0.1, 0.15) is 0 Å². The number of nitrogens with two attached hydrogens (primary N) is 1. The fourth-order valence-corrected chi connectivity index (χ4v) is 2.35. The van der Waals surface area contributed by atoms with E-state index in [9.17, 15) is 14.4 Å². The number of methoxy groups -OCH3 is 1. The molecular weight excluding hydrogens is 340 g/mol. The van der Waals surface area contributed by atoms with Crippen molar-refractivity contribution in [3.8, 4) is 0 Å².